The Hall–Kier alpha value is -2.89. The van der Waals surface area contributed by atoms with E-state index in [2.05, 4.69) is 4.90 Å². The van der Waals surface area contributed by atoms with Crippen LogP contribution >= 0.6 is 11.6 Å². The van der Waals surface area contributed by atoms with E-state index in [1.165, 1.54) is 24.3 Å². The van der Waals surface area contributed by atoms with Gasteiger partial charge in [0.05, 0.1) is 16.9 Å². The largest absolute Gasteiger partial charge is 0.525 e. The zero-order valence-electron chi connectivity index (χ0n) is 27.6. The van der Waals surface area contributed by atoms with Crippen LogP contribution in [0.5, 0.6) is 11.5 Å². The summed E-state index contributed by atoms with van der Waals surface area (Å²) in [6.45, 7) is 15.3. The number of piperidine rings is 2. The summed E-state index contributed by atoms with van der Waals surface area (Å²) in [5.74, 6) is -2.39. The van der Waals surface area contributed by atoms with E-state index in [9.17, 15) is 13.6 Å². The van der Waals surface area contributed by atoms with Crippen molar-refractivity contribution in [1.29, 1.82) is 0 Å². The number of halogens is 4. The number of carbonyl (C=O) groups excluding carboxylic acids is 1. The van der Waals surface area contributed by atoms with Gasteiger partial charge in [0.1, 0.15) is 22.1 Å². The van der Waals surface area contributed by atoms with Crippen molar-refractivity contribution in [3.63, 3.8) is 0 Å². The fourth-order valence-electron chi connectivity index (χ4n) is 6.23. The smallest absolute Gasteiger partial charge is 0.453 e. The lowest BCUT2D eigenvalue weighted by Crippen LogP contribution is -2.51. The second kappa shape index (κ2) is 12.6. The molecule has 2 aromatic rings. The average molecular weight is 663 g/mol. The third-order valence-corrected chi connectivity index (χ3v) is 9.84. The van der Waals surface area contributed by atoms with Gasteiger partial charge in [0.25, 0.3) is 0 Å². The standard InChI is InChI=1S/C34H43BClF3N2O5/c1-31(2,3)44-30(42)40-18-15-34(16-19-40)14-9-17-41(21-34)29-22(20-26(38)35-45-32(4,5)33(6,7)46-35)12-13-24(27(29)36)43-25-11-8-10-23(37)28(25)39/h8,10-13,20H,9,14-19,21H2,1-7H3/b26-20-. The van der Waals surface area contributed by atoms with Gasteiger partial charge in [-0.05, 0) is 110 Å². The van der Waals surface area contributed by atoms with Crippen molar-refractivity contribution in [2.75, 3.05) is 31.1 Å². The molecule has 46 heavy (non-hydrogen) atoms. The lowest BCUT2D eigenvalue weighted by atomic mass is 9.72. The van der Waals surface area contributed by atoms with Gasteiger partial charge in [0.2, 0.25) is 5.82 Å². The number of ether oxygens (including phenoxy) is 2. The van der Waals surface area contributed by atoms with Crippen molar-refractivity contribution < 1.29 is 36.7 Å². The van der Waals surface area contributed by atoms with Crippen molar-refractivity contribution in [3.05, 3.63) is 58.3 Å². The quantitative estimate of drug-likeness (QED) is 0.298. The summed E-state index contributed by atoms with van der Waals surface area (Å²) < 4.78 is 67.7. The molecule has 0 N–H and O–H groups in total. The Kier molecular flexibility index (Phi) is 9.45. The van der Waals surface area contributed by atoms with Crippen molar-refractivity contribution >= 4 is 36.6 Å². The molecule has 7 nitrogen and oxygen atoms in total. The molecule has 1 amide bonds. The van der Waals surface area contributed by atoms with E-state index < -0.39 is 41.3 Å². The maximum atomic E-state index is 15.9. The molecule has 0 atom stereocenters. The van der Waals surface area contributed by atoms with Gasteiger partial charge < -0.3 is 28.6 Å². The monoisotopic (exact) mass is 662 g/mol. The molecule has 5 rings (SSSR count). The van der Waals surface area contributed by atoms with E-state index in [0.29, 0.717) is 37.4 Å². The van der Waals surface area contributed by atoms with Gasteiger partial charge in [-0.25, -0.2) is 13.6 Å². The van der Waals surface area contributed by atoms with Crippen LogP contribution in [0.3, 0.4) is 0 Å². The summed E-state index contributed by atoms with van der Waals surface area (Å²) in [5, 5.41) is 0.141. The highest BCUT2D eigenvalue weighted by Gasteiger charge is 2.53. The molecule has 1 spiro atoms. The van der Waals surface area contributed by atoms with Gasteiger partial charge in [0.15, 0.2) is 11.6 Å². The Bertz CT molecular complexity index is 1490. The summed E-state index contributed by atoms with van der Waals surface area (Å²) in [4.78, 5) is 16.6. The summed E-state index contributed by atoms with van der Waals surface area (Å²) >= 11 is 7.01. The molecule has 3 aliphatic rings. The van der Waals surface area contributed by atoms with Crippen molar-refractivity contribution in [1.82, 2.24) is 4.90 Å². The highest BCUT2D eigenvalue weighted by atomic mass is 35.5. The first-order valence-electron chi connectivity index (χ1n) is 15.8. The van der Waals surface area contributed by atoms with Gasteiger partial charge in [-0.15, -0.1) is 0 Å². The first-order chi connectivity index (χ1) is 21.4. The molecular formula is C34H43BClF3N2O5. The molecule has 3 fully saturated rings. The SMILES string of the molecule is CC(C)(C)OC(=O)N1CCC2(CCCN(c3c(/C=C(\F)B4OC(C)(C)C(C)(C)O4)ccc(Oc4cccc(F)c4F)c3Cl)C2)CC1. The predicted molar refractivity (Wildman–Crippen MR) is 174 cm³/mol. The number of carbonyl (C=O) groups is 1. The van der Waals surface area contributed by atoms with E-state index in [0.717, 1.165) is 31.7 Å². The molecule has 0 aromatic heterocycles. The number of amides is 1. The summed E-state index contributed by atoms with van der Waals surface area (Å²) in [6.07, 6.45) is 4.36. The van der Waals surface area contributed by atoms with Crippen LogP contribution in [0.25, 0.3) is 6.08 Å². The third-order valence-electron chi connectivity index (χ3n) is 9.47. The Morgan fingerprint density at radius 2 is 1.63 bits per heavy atom. The molecule has 2 aromatic carbocycles. The molecule has 12 heteroatoms. The highest BCUT2D eigenvalue weighted by molar-refractivity contribution is 6.54. The van der Waals surface area contributed by atoms with Crippen LogP contribution in [0.1, 0.15) is 79.7 Å². The Balaban J connectivity index is 1.46. The van der Waals surface area contributed by atoms with Crippen molar-refractivity contribution in [3.8, 4) is 11.5 Å². The minimum absolute atomic E-state index is 0.105. The zero-order valence-corrected chi connectivity index (χ0v) is 28.4. The molecule has 0 saturated carbocycles. The Labute approximate surface area is 275 Å². The van der Waals surface area contributed by atoms with E-state index >= 15 is 4.39 Å². The van der Waals surface area contributed by atoms with Gasteiger partial charge in [0, 0.05) is 31.7 Å². The van der Waals surface area contributed by atoms with Crippen LogP contribution in [0, 0.1) is 17.0 Å². The highest BCUT2D eigenvalue weighted by Crippen LogP contribution is 2.47. The molecule has 0 aliphatic carbocycles. The number of hydrogen-bond acceptors (Lipinski definition) is 6. The molecule has 0 radical (unpaired) electrons. The normalized spacial score (nSPS) is 21.1. The lowest BCUT2D eigenvalue weighted by molar-refractivity contribution is 0.00578. The van der Waals surface area contributed by atoms with Crippen LogP contribution < -0.4 is 9.64 Å². The summed E-state index contributed by atoms with van der Waals surface area (Å²) in [5.41, 5.74) is -1.81. The summed E-state index contributed by atoms with van der Waals surface area (Å²) in [6, 6.07) is 6.82. The fraction of sp³-hybridized carbons (Fsp3) is 0.559. The Morgan fingerprint density at radius 1 is 0.978 bits per heavy atom. The van der Waals surface area contributed by atoms with E-state index in [1.54, 1.807) is 11.0 Å². The molecule has 0 bridgehead atoms. The summed E-state index contributed by atoms with van der Waals surface area (Å²) in [7, 11) is -1.21. The van der Waals surface area contributed by atoms with Crippen LogP contribution in [0.15, 0.2) is 36.1 Å². The van der Waals surface area contributed by atoms with E-state index in [-0.39, 0.29) is 28.0 Å². The molecule has 250 valence electrons. The topological polar surface area (TPSA) is 60.5 Å². The molecule has 3 heterocycles. The first kappa shape index (κ1) is 34.4. The average Bonchev–Trinajstić information content (AvgIpc) is 3.18. The first-order valence-corrected chi connectivity index (χ1v) is 16.2. The molecule has 0 unspecified atom stereocenters. The number of nitrogens with zero attached hydrogens (tertiary/aromatic N) is 2. The van der Waals surface area contributed by atoms with Crippen LogP contribution in [-0.2, 0) is 14.0 Å². The lowest BCUT2D eigenvalue weighted by Gasteiger charge is -2.48. The van der Waals surface area contributed by atoms with Gasteiger partial charge >= 0.3 is 13.2 Å². The minimum Gasteiger partial charge on any atom is -0.453 e. The van der Waals surface area contributed by atoms with Crippen LogP contribution in [0.2, 0.25) is 5.02 Å². The molecule has 3 aliphatic heterocycles. The maximum absolute atomic E-state index is 15.9. The van der Waals surface area contributed by atoms with Gasteiger partial charge in [-0.3, -0.25) is 0 Å². The van der Waals surface area contributed by atoms with E-state index in [1.807, 2.05) is 48.5 Å². The number of rotatable bonds is 5. The van der Waals surface area contributed by atoms with Crippen molar-refractivity contribution in [2.45, 2.75) is 91.0 Å². The second-order valence-corrected chi connectivity index (χ2v) is 15.0. The van der Waals surface area contributed by atoms with Gasteiger partial charge in [-0.1, -0.05) is 17.7 Å². The zero-order chi connectivity index (χ0) is 33.7. The second-order valence-electron chi connectivity index (χ2n) is 14.6. The minimum atomic E-state index is -1.21. The number of benzene rings is 2. The fourth-order valence-corrected chi connectivity index (χ4v) is 6.56. The molecular weight excluding hydrogens is 620 g/mol. The maximum Gasteiger partial charge on any atom is 0.525 e. The van der Waals surface area contributed by atoms with Crippen LogP contribution in [0.4, 0.5) is 23.7 Å². The van der Waals surface area contributed by atoms with Crippen LogP contribution in [-0.4, -0.2) is 61.1 Å². The van der Waals surface area contributed by atoms with Gasteiger partial charge in [-0.2, -0.15) is 4.39 Å². The third kappa shape index (κ3) is 7.16. The predicted octanol–water partition coefficient (Wildman–Crippen LogP) is 8.97. The van der Waals surface area contributed by atoms with Crippen molar-refractivity contribution in [2.24, 2.45) is 5.41 Å². The molecule has 3 saturated heterocycles. The number of likely N-dealkylation sites (tertiary alicyclic amines) is 1. The number of hydrogen-bond donors (Lipinski definition) is 0. The number of anilines is 1. The van der Waals surface area contributed by atoms with E-state index in [4.69, 9.17) is 30.4 Å². The Morgan fingerprint density at radius 3 is 2.26 bits per heavy atom.